The van der Waals surface area contributed by atoms with E-state index in [2.05, 4.69) is 9.97 Å². The molecular weight excluding hydrogens is 275 g/mol. The molecular formula is C12H10Cl2N2S. The van der Waals surface area contributed by atoms with Gasteiger partial charge in [-0.2, -0.15) is 0 Å². The molecule has 0 aromatic carbocycles. The van der Waals surface area contributed by atoms with Crippen LogP contribution in [-0.2, 0) is 0 Å². The Morgan fingerprint density at radius 3 is 1.71 bits per heavy atom. The van der Waals surface area contributed by atoms with Gasteiger partial charge >= 0.3 is 0 Å². The van der Waals surface area contributed by atoms with Gasteiger partial charge < -0.3 is 0 Å². The van der Waals surface area contributed by atoms with E-state index in [1.54, 1.807) is 12.4 Å². The number of hydrogen-bond donors (Lipinski definition) is 0. The third-order valence-corrected chi connectivity index (χ3v) is 4.57. The molecule has 0 aliphatic rings. The monoisotopic (exact) mass is 284 g/mol. The molecule has 0 bridgehead atoms. The zero-order chi connectivity index (χ0) is 12.4. The second kappa shape index (κ2) is 5.25. The van der Waals surface area contributed by atoms with Crippen molar-refractivity contribution in [2.24, 2.45) is 0 Å². The largest absolute Gasteiger partial charge is 0.260 e. The molecule has 0 fully saturated rings. The van der Waals surface area contributed by atoms with Crippen LogP contribution < -0.4 is 0 Å². The summed E-state index contributed by atoms with van der Waals surface area (Å²) in [5.41, 5.74) is 1.64. The van der Waals surface area contributed by atoms with Crippen LogP contribution in [0.5, 0.6) is 0 Å². The molecule has 0 spiro atoms. The molecule has 0 radical (unpaired) electrons. The lowest BCUT2D eigenvalue weighted by atomic mass is 10.4. The van der Waals surface area contributed by atoms with Crippen molar-refractivity contribution in [1.82, 2.24) is 9.97 Å². The van der Waals surface area contributed by atoms with E-state index in [0.29, 0.717) is 10.0 Å². The molecule has 0 aliphatic heterocycles. The Labute approximate surface area is 114 Å². The van der Waals surface area contributed by atoms with E-state index in [9.17, 15) is 0 Å². The molecule has 2 heterocycles. The SMILES string of the molecule is Cc1nccc(Sc2ccnc(C)c2Cl)c1Cl. The van der Waals surface area contributed by atoms with E-state index < -0.39 is 0 Å². The molecule has 0 N–H and O–H groups in total. The highest BCUT2D eigenvalue weighted by Gasteiger charge is 2.09. The summed E-state index contributed by atoms with van der Waals surface area (Å²) in [6.45, 7) is 3.76. The summed E-state index contributed by atoms with van der Waals surface area (Å²) in [5.74, 6) is 0. The summed E-state index contributed by atoms with van der Waals surface area (Å²) in [6, 6.07) is 3.76. The highest BCUT2D eigenvalue weighted by Crippen LogP contribution is 2.38. The van der Waals surface area contributed by atoms with E-state index in [1.807, 2.05) is 26.0 Å². The van der Waals surface area contributed by atoms with Crippen LogP contribution in [0.2, 0.25) is 10.0 Å². The normalized spacial score (nSPS) is 10.6. The quantitative estimate of drug-likeness (QED) is 0.809. The first-order chi connectivity index (χ1) is 8.09. The van der Waals surface area contributed by atoms with Gasteiger partial charge in [0.2, 0.25) is 0 Å². The van der Waals surface area contributed by atoms with Crippen LogP contribution in [0.1, 0.15) is 11.4 Å². The predicted molar refractivity (Wildman–Crippen MR) is 72.1 cm³/mol. The Morgan fingerprint density at radius 1 is 0.882 bits per heavy atom. The summed E-state index contributed by atoms with van der Waals surface area (Å²) in [4.78, 5) is 10.2. The van der Waals surface area contributed by atoms with E-state index in [0.717, 1.165) is 21.2 Å². The fourth-order valence-corrected chi connectivity index (χ4v) is 2.75. The average molecular weight is 285 g/mol. The topological polar surface area (TPSA) is 25.8 Å². The van der Waals surface area contributed by atoms with Crippen molar-refractivity contribution >= 4 is 35.0 Å². The van der Waals surface area contributed by atoms with Crippen molar-refractivity contribution in [3.8, 4) is 0 Å². The summed E-state index contributed by atoms with van der Waals surface area (Å²) in [7, 11) is 0. The van der Waals surface area contributed by atoms with E-state index >= 15 is 0 Å². The summed E-state index contributed by atoms with van der Waals surface area (Å²) < 4.78 is 0. The van der Waals surface area contributed by atoms with Gasteiger partial charge in [0.05, 0.1) is 21.4 Å². The van der Waals surface area contributed by atoms with Gasteiger partial charge in [0.1, 0.15) is 0 Å². The minimum absolute atomic E-state index is 0.669. The average Bonchev–Trinajstić information content (AvgIpc) is 2.31. The molecule has 2 aromatic heterocycles. The van der Waals surface area contributed by atoms with Crippen molar-refractivity contribution in [3.05, 3.63) is 46.0 Å². The van der Waals surface area contributed by atoms with Crippen LogP contribution in [0.4, 0.5) is 0 Å². The molecule has 2 rings (SSSR count). The Hall–Kier alpha value is -0.770. The molecule has 0 atom stereocenters. The number of nitrogens with zero attached hydrogens (tertiary/aromatic N) is 2. The van der Waals surface area contributed by atoms with Crippen molar-refractivity contribution in [3.63, 3.8) is 0 Å². The lowest BCUT2D eigenvalue weighted by molar-refractivity contribution is 1.14. The third-order valence-electron chi connectivity index (χ3n) is 2.28. The molecule has 0 saturated heterocycles. The van der Waals surface area contributed by atoms with Gasteiger partial charge in [-0.25, -0.2) is 0 Å². The second-order valence-electron chi connectivity index (χ2n) is 3.52. The Kier molecular flexibility index (Phi) is 3.92. The minimum Gasteiger partial charge on any atom is -0.260 e. The molecule has 5 heteroatoms. The van der Waals surface area contributed by atoms with Gasteiger partial charge in [-0.1, -0.05) is 35.0 Å². The number of aryl methyl sites for hydroxylation is 2. The summed E-state index contributed by atoms with van der Waals surface area (Å²) in [5, 5.41) is 1.34. The van der Waals surface area contributed by atoms with Crippen molar-refractivity contribution < 1.29 is 0 Å². The smallest absolute Gasteiger partial charge is 0.0757 e. The fourth-order valence-electron chi connectivity index (χ4n) is 1.33. The van der Waals surface area contributed by atoms with Gasteiger partial charge in [0.15, 0.2) is 0 Å². The number of aromatic nitrogens is 2. The molecule has 0 unspecified atom stereocenters. The van der Waals surface area contributed by atoms with E-state index in [-0.39, 0.29) is 0 Å². The van der Waals surface area contributed by atoms with Crippen LogP contribution in [-0.4, -0.2) is 9.97 Å². The fraction of sp³-hybridized carbons (Fsp3) is 0.167. The van der Waals surface area contributed by atoms with Gasteiger partial charge in [-0.3, -0.25) is 9.97 Å². The second-order valence-corrected chi connectivity index (χ2v) is 5.36. The molecule has 2 aromatic rings. The van der Waals surface area contributed by atoms with Crippen molar-refractivity contribution in [1.29, 1.82) is 0 Å². The van der Waals surface area contributed by atoms with Crippen molar-refractivity contribution in [2.45, 2.75) is 23.6 Å². The molecule has 88 valence electrons. The molecule has 0 aliphatic carbocycles. The maximum absolute atomic E-state index is 6.19. The van der Waals surface area contributed by atoms with Crippen molar-refractivity contribution in [2.75, 3.05) is 0 Å². The van der Waals surface area contributed by atoms with Gasteiger partial charge in [-0.05, 0) is 26.0 Å². The lowest BCUT2D eigenvalue weighted by Gasteiger charge is -2.08. The van der Waals surface area contributed by atoms with E-state index in [1.165, 1.54) is 11.8 Å². The minimum atomic E-state index is 0.669. The number of rotatable bonds is 2. The Morgan fingerprint density at radius 2 is 1.29 bits per heavy atom. The maximum Gasteiger partial charge on any atom is 0.0757 e. The van der Waals surface area contributed by atoms with Gasteiger partial charge in [-0.15, -0.1) is 0 Å². The zero-order valence-electron chi connectivity index (χ0n) is 9.37. The Bertz CT molecular complexity index is 509. The first-order valence-electron chi connectivity index (χ1n) is 4.99. The van der Waals surface area contributed by atoms with Gasteiger partial charge in [0, 0.05) is 22.2 Å². The van der Waals surface area contributed by atoms with Gasteiger partial charge in [0.25, 0.3) is 0 Å². The summed E-state index contributed by atoms with van der Waals surface area (Å²) >= 11 is 13.9. The van der Waals surface area contributed by atoms with Crippen LogP contribution in [0.3, 0.4) is 0 Å². The number of pyridine rings is 2. The molecule has 0 saturated carbocycles. The highest BCUT2D eigenvalue weighted by molar-refractivity contribution is 7.99. The van der Waals surface area contributed by atoms with E-state index in [4.69, 9.17) is 23.2 Å². The summed E-state index contributed by atoms with van der Waals surface area (Å²) in [6.07, 6.45) is 3.48. The predicted octanol–water partition coefficient (Wildman–Crippen LogP) is 4.55. The zero-order valence-corrected chi connectivity index (χ0v) is 11.7. The standard InChI is InChI=1S/C12H10Cl2N2S/c1-7-11(13)9(3-5-15-7)17-10-4-6-16-8(2)12(10)14/h3-6H,1-2H3. The third kappa shape index (κ3) is 2.73. The highest BCUT2D eigenvalue weighted by atomic mass is 35.5. The molecule has 2 nitrogen and oxygen atoms in total. The van der Waals surface area contributed by atoms with Crippen LogP contribution >= 0.6 is 35.0 Å². The van der Waals surface area contributed by atoms with Crippen LogP contribution in [0.25, 0.3) is 0 Å². The number of halogens is 2. The first kappa shape index (κ1) is 12.7. The first-order valence-corrected chi connectivity index (χ1v) is 6.57. The van der Waals surface area contributed by atoms with Crippen LogP contribution in [0.15, 0.2) is 34.3 Å². The molecule has 17 heavy (non-hydrogen) atoms. The Balaban J connectivity index is 2.38. The maximum atomic E-state index is 6.19. The number of hydrogen-bond acceptors (Lipinski definition) is 3. The molecule has 0 amide bonds. The van der Waals surface area contributed by atoms with Crippen LogP contribution in [0, 0.1) is 13.8 Å². The lowest BCUT2D eigenvalue weighted by Crippen LogP contribution is -1.87.